The molecule has 1 N–H and O–H groups in total. The third-order valence-corrected chi connectivity index (χ3v) is 6.94. The molecule has 0 bridgehead atoms. The Bertz CT molecular complexity index is 1150. The van der Waals surface area contributed by atoms with Crippen LogP contribution in [0.25, 0.3) is 10.9 Å². The van der Waals surface area contributed by atoms with Gasteiger partial charge in [0.2, 0.25) is 10.0 Å². The zero-order valence-electron chi connectivity index (χ0n) is 16.6. The number of fused-ring (bicyclic) bond motifs is 1. The highest BCUT2D eigenvalue weighted by molar-refractivity contribution is 7.89. The number of nitrogens with one attached hydrogen (secondary N) is 1. The van der Waals surface area contributed by atoms with Crippen LogP contribution in [0.4, 0.5) is 10.1 Å². The first-order chi connectivity index (χ1) is 13.8. The van der Waals surface area contributed by atoms with Crippen LogP contribution < -0.4 is 5.32 Å². The van der Waals surface area contributed by atoms with E-state index in [-0.39, 0.29) is 23.5 Å². The molecule has 154 valence electrons. The average Bonchev–Trinajstić information content (AvgIpc) is 3.11. The summed E-state index contributed by atoms with van der Waals surface area (Å²) >= 11 is 0. The van der Waals surface area contributed by atoms with Gasteiger partial charge in [-0.2, -0.15) is 4.31 Å². The Labute approximate surface area is 170 Å². The van der Waals surface area contributed by atoms with Crippen LogP contribution in [0.1, 0.15) is 31.1 Å². The molecular weight excluding hydrogens is 393 g/mol. The Morgan fingerprint density at radius 2 is 1.79 bits per heavy atom. The fraction of sp³-hybridized carbons (Fsp3) is 0.286. The minimum absolute atomic E-state index is 0.108. The predicted octanol–water partition coefficient (Wildman–Crippen LogP) is 4.08. The number of hydrogen-bond acceptors (Lipinski definition) is 3. The number of hydrogen-bond donors (Lipinski definition) is 1. The molecule has 0 aliphatic rings. The molecule has 0 unspecified atom stereocenters. The molecule has 3 aromatic rings. The maximum absolute atomic E-state index is 14.3. The van der Waals surface area contributed by atoms with Crippen LogP contribution in [0.15, 0.2) is 53.6 Å². The summed E-state index contributed by atoms with van der Waals surface area (Å²) in [6.07, 6.45) is 1.96. The van der Waals surface area contributed by atoms with E-state index in [0.29, 0.717) is 5.69 Å². The van der Waals surface area contributed by atoms with E-state index in [4.69, 9.17) is 0 Å². The van der Waals surface area contributed by atoms with E-state index in [1.165, 1.54) is 10.4 Å². The van der Waals surface area contributed by atoms with Crippen LogP contribution >= 0.6 is 0 Å². The summed E-state index contributed by atoms with van der Waals surface area (Å²) in [5.41, 5.74) is 1.22. The van der Waals surface area contributed by atoms with Gasteiger partial charge in [-0.3, -0.25) is 4.79 Å². The van der Waals surface area contributed by atoms with E-state index in [2.05, 4.69) is 9.88 Å². The molecule has 6 nitrogen and oxygen atoms in total. The number of amides is 1. The van der Waals surface area contributed by atoms with Gasteiger partial charge in [0.15, 0.2) is 0 Å². The van der Waals surface area contributed by atoms with Gasteiger partial charge in [-0.25, -0.2) is 12.8 Å². The second kappa shape index (κ2) is 8.34. The first-order valence-corrected chi connectivity index (χ1v) is 11.0. The molecule has 1 amide bonds. The minimum Gasteiger partial charge on any atom is -0.348 e. The molecule has 0 saturated carbocycles. The largest absolute Gasteiger partial charge is 0.348 e. The highest BCUT2D eigenvalue weighted by Crippen LogP contribution is 2.23. The van der Waals surface area contributed by atoms with Gasteiger partial charge in [-0.1, -0.05) is 13.8 Å². The van der Waals surface area contributed by atoms with E-state index in [1.807, 2.05) is 25.3 Å². The smallest absolute Gasteiger partial charge is 0.258 e. The van der Waals surface area contributed by atoms with Crippen molar-refractivity contribution in [2.45, 2.75) is 32.2 Å². The van der Waals surface area contributed by atoms with Gasteiger partial charge >= 0.3 is 0 Å². The molecule has 3 rings (SSSR count). The Hall–Kier alpha value is -2.71. The first-order valence-electron chi connectivity index (χ1n) is 9.51. The van der Waals surface area contributed by atoms with Crippen molar-refractivity contribution in [1.82, 2.24) is 8.87 Å². The van der Waals surface area contributed by atoms with Crippen molar-refractivity contribution < 1.29 is 17.6 Å². The van der Waals surface area contributed by atoms with Gasteiger partial charge in [-0.05, 0) is 49.4 Å². The molecule has 0 fully saturated rings. The number of carbonyl (C=O) groups is 1. The molecule has 1 aromatic heterocycles. The molecule has 2 aromatic carbocycles. The molecule has 1 heterocycles. The minimum atomic E-state index is -3.79. The predicted molar refractivity (Wildman–Crippen MR) is 112 cm³/mol. The fourth-order valence-electron chi connectivity index (χ4n) is 3.30. The van der Waals surface area contributed by atoms with Gasteiger partial charge in [0.25, 0.3) is 5.91 Å². The molecule has 0 atom stereocenters. The lowest BCUT2D eigenvalue weighted by molar-refractivity contribution is 0.102. The summed E-state index contributed by atoms with van der Waals surface area (Å²) in [7, 11) is -3.79. The molecule has 0 spiro atoms. The maximum atomic E-state index is 14.3. The summed E-state index contributed by atoms with van der Waals surface area (Å²) in [5, 5.41) is 3.60. The van der Waals surface area contributed by atoms with Crippen LogP contribution in [0.5, 0.6) is 0 Å². The van der Waals surface area contributed by atoms with Crippen molar-refractivity contribution in [2.24, 2.45) is 0 Å². The maximum Gasteiger partial charge on any atom is 0.258 e. The topological polar surface area (TPSA) is 71.4 Å². The number of aromatic nitrogens is 1. The highest BCUT2D eigenvalue weighted by atomic mass is 32.2. The van der Waals surface area contributed by atoms with Gasteiger partial charge in [0, 0.05) is 42.4 Å². The van der Waals surface area contributed by atoms with Gasteiger partial charge in [0.05, 0.1) is 10.5 Å². The Morgan fingerprint density at radius 3 is 2.45 bits per heavy atom. The third-order valence-electron chi connectivity index (χ3n) is 4.90. The molecular formula is C21H24FN3O3S. The quantitative estimate of drug-likeness (QED) is 0.630. The molecule has 29 heavy (non-hydrogen) atoms. The Balaban J connectivity index is 1.91. The number of carbonyl (C=O) groups excluding carboxylic acids is 1. The zero-order valence-corrected chi connectivity index (χ0v) is 17.5. The van der Waals surface area contributed by atoms with E-state index in [0.717, 1.165) is 29.6 Å². The Kier molecular flexibility index (Phi) is 6.04. The zero-order chi connectivity index (χ0) is 21.2. The van der Waals surface area contributed by atoms with Crippen molar-refractivity contribution in [2.75, 3.05) is 18.4 Å². The van der Waals surface area contributed by atoms with Gasteiger partial charge in [-0.15, -0.1) is 0 Å². The number of benzene rings is 2. The number of rotatable bonds is 7. The van der Waals surface area contributed by atoms with Crippen LogP contribution in [0.2, 0.25) is 0 Å². The van der Waals surface area contributed by atoms with Crippen LogP contribution in [-0.2, 0) is 16.6 Å². The summed E-state index contributed by atoms with van der Waals surface area (Å²) < 4.78 is 43.0. The van der Waals surface area contributed by atoms with Crippen molar-refractivity contribution in [3.63, 3.8) is 0 Å². The van der Waals surface area contributed by atoms with Crippen molar-refractivity contribution >= 4 is 32.5 Å². The second-order valence-corrected chi connectivity index (χ2v) is 8.50. The molecule has 8 heteroatoms. The lowest BCUT2D eigenvalue weighted by Crippen LogP contribution is -2.31. The fourth-order valence-corrected chi connectivity index (χ4v) is 4.79. The molecule has 0 radical (unpaired) electrons. The normalized spacial score (nSPS) is 11.9. The summed E-state index contributed by atoms with van der Waals surface area (Å²) in [6.45, 7) is 6.88. The van der Waals surface area contributed by atoms with Crippen molar-refractivity contribution in [3.8, 4) is 0 Å². The van der Waals surface area contributed by atoms with Crippen LogP contribution in [-0.4, -0.2) is 36.3 Å². The van der Waals surface area contributed by atoms with E-state index < -0.39 is 21.7 Å². The lowest BCUT2D eigenvalue weighted by Gasteiger charge is -2.19. The summed E-state index contributed by atoms with van der Waals surface area (Å²) in [6, 6.07) is 10.6. The summed E-state index contributed by atoms with van der Waals surface area (Å²) in [5.74, 6) is -1.48. The van der Waals surface area contributed by atoms with E-state index >= 15 is 0 Å². The number of halogens is 1. The number of nitrogens with zero attached hydrogens (tertiary/aromatic N) is 2. The molecule has 0 aliphatic heterocycles. The van der Waals surface area contributed by atoms with Crippen LogP contribution in [0, 0.1) is 5.82 Å². The lowest BCUT2D eigenvalue weighted by atomic mass is 10.2. The third kappa shape index (κ3) is 4.04. The SMILES string of the molecule is CCN(CC)S(=O)(=O)c1ccc(F)c(C(=O)Nc2ccc3c(ccn3CC)c2)c1. The number of sulfonamides is 1. The van der Waals surface area contributed by atoms with Gasteiger partial charge < -0.3 is 9.88 Å². The van der Waals surface area contributed by atoms with Crippen molar-refractivity contribution in [1.29, 1.82) is 0 Å². The number of aryl methyl sites for hydroxylation is 1. The number of anilines is 1. The second-order valence-electron chi connectivity index (χ2n) is 6.56. The summed E-state index contributed by atoms with van der Waals surface area (Å²) in [4.78, 5) is 12.5. The molecule has 0 aliphatic carbocycles. The van der Waals surface area contributed by atoms with Crippen molar-refractivity contribution in [3.05, 3.63) is 60.0 Å². The standard InChI is InChI=1S/C21H24FN3O3S/c1-4-24-12-11-15-13-16(7-10-20(15)24)23-21(26)18-14-17(8-9-19(18)22)29(27,28)25(5-2)6-3/h7-14H,4-6H2,1-3H3,(H,23,26). The van der Waals surface area contributed by atoms with Crippen LogP contribution in [0.3, 0.4) is 0 Å². The average molecular weight is 418 g/mol. The highest BCUT2D eigenvalue weighted by Gasteiger charge is 2.24. The Morgan fingerprint density at radius 1 is 1.07 bits per heavy atom. The van der Waals surface area contributed by atoms with Gasteiger partial charge in [0.1, 0.15) is 5.82 Å². The first kappa shape index (κ1) is 21.0. The monoisotopic (exact) mass is 417 g/mol. The molecule has 0 saturated heterocycles. The van der Waals surface area contributed by atoms with E-state index in [9.17, 15) is 17.6 Å². The van der Waals surface area contributed by atoms with E-state index in [1.54, 1.807) is 26.0 Å².